The minimum atomic E-state index is -3.35. The molecule has 0 atom stereocenters. The Morgan fingerprint density at radius 2 is 1.81 bits per heavy atom. The molecule has 0 amide bonds. The van der Waals surface area contributed by atoms with E-state index in [1.165, 1.54) is 32.1 Å². The summed E-state index contributed by atoms with van der Waals surface area (Å²) < 4.78 is 27.1. The number of nitrogens with zero attached hydrogens (tertiary/aromatic N) is 1. The molecule has 0 heterocycles. The zero-order valence-corrected chi connectivity index (χ0v) is 16.9. The van der Waals surface area contributed by atoms with Crippen LogP contribution in [0.15, 0.2) is 29.3 Å². The number of hydrogen-bond donors (Lipinski definition) is 3. The average Bonchev–Trinajstić information content (AvgIpc) is 2.59. The van der Waals surface area contributed by atoms with Gasteiger partial charge in [0.2, 0.25) is 10.0 Å². The van der Waals surface area contributed by atoms with Crippen molar-refractivity contribution in [2.45, 2.75) is 70.3 Å². The van der Waals surface area contributed by atoms with Gasteiger partial charge >= 0.3 is 0 Å². The van der Waals surface area contributed by atoms with Crippen molar-refractivity contribution in [1.29, 1.82) is 0 Å². The molecule has 1 aliphatic carbocycles. The zero-order chi connectivity index (χ0) is 19.0. The lowest BCUT2D eigenvalue weighted by Gasteiger charge is -2.25. The molecule has 0 aromatic heterocycles. The molecular weight excluding hydrogens is 348 g/mol. The van der Waals surface area contributed by atoms with Gasteiger partial charge in [0.1, 0.15) is 0 Å². The minimum Gasteiger partial charge on any atom is -0.354 e. The number of rotatable bonds is 7. The first-order valence-corrected chi connectivity index (χ1v) is 11.1. The predicted octanol–water partition coefficient (Wildman–Crippen LogP) is 2.51. The normalized spacial score (nSPS) is 16.7. The fourth-order valence-electron chi connectivity index (χ4n) is 3.29. The second kappa shape index (κ2) is 9.92. The summed E-state index contributed by atoms with van der Waals surface area (Å²) in [5, 5.41) is 6.80. The Labute approximate surface area is 157 Å². The molecule has 0 unspecified atom stereocenters. The van der Waals surface area contributed by atoms with E-state index in [4.69, 9.17) is 0 Å². The molecule has 2 rings (SSSR count). The summed E-state index contributed by atoms with van der Waals surface area (Å²) in [6, 6.07) is 8.00. The molecule has 1 aliphatic rings. The summed E-state index contributed by atoms with van der Waals surface area (Å²) in [7, 11) is -1.58. The summed E-state index contributed by atoms with van der Waals surface area (Å²) >= 11 is 0. The molecule has 1 aromatic rings. The van der Waals surface area contributed by atoms with Crippen LogP contribution in [-0.2, 0) is 22.3 Å². The molecule has 1 saturated carbocycles. The van der Waals surface area contributed by atoms with Crippen LogP contribution < -0.4 is 15.4 Å². The van der Waals surface area contributed by atoms with E-state index in [1.807, 2.05) is 38.1 Å². The van der Waals surface area contributed by atoms with Gasteiger partial charge in [-0.1, -0.05) is 43.5 Å². The summed E-state index contributed by atoms with van der Waals surface area (Å²) in [6.07, 6.45) is 6.19. The predicted molar refractivity (Wildman–Crippen MR) is 108 cm³/mol. The van der Waals surface area contributed by atoms with E-state index in [1.54, 1.807) is 7.05 Å². The van der Waals surface area contributed by atoms with Crippen molar-refractivity contribution in [3.8, 4) is 0 Å². The van der Waals surface area contributed by atoms with Crippen molar-refractivity contribution in [3.05, 3.63) is 35.4 Å². The van der Waals surface area contributed by atoms with E-state index >= 15 is 0 Å². The van der Waals surface area contributed by atoms with Gasteiger partial charge in [-0.15, -0.1) is 0 Å². The largest absolute Gasteiger partial charge is 0.354 e. The Hall–Kier alpha value is -1.60. The fourth-order valence-corrected chi connectivity index (χ4v) is 4.78. The monoisotopic (exact) mass is 380 g/mol. The number of aliphatic imine (C=N–C) groups is 1. The van der Waals surface area contributed by atoms with E-state index in [0.29, 0.717) is 12.6 Å². The van der Waals surface area contributed by atoms with Crippen LogP contribution in [0.25, 0.3) is 0 Å². The van der Waals surface area contributed by atoms with Gasteiger partial charge in [-0.25, -0.2) is 13.1 Å². The van der Waals surface area contributed by atoms with Gasteiger partial charge < -0.3 is 10.6 Å². The van der Waals surface area contributed by atoms with Gasteiger partial charge in [-0.3, -0.25) is 4.99 Å². The summed E-state index contributed by atoms with van der Waals surface area (Å²) in [5.74, 6) is 0.757. The molecule has 146 valence electrons. The van der Waals surface area contributed by atoms with Crippen molar-refractivity contribution in [3.63, 3.8) is 0 Å². The molecule has 26 heavy (non-hydrogen) atoms. The Morgan fingerprint density at radius 3 is 2.42 bits per heavy atom. The van der Waals surface area contributed by atoms with Crippen molar-refractivity contribution in [2.75, 3.05) is 7.05 Å². The van der Waals surface area contributed by atoms with E-state index < -0.39 is 10.0 Å². The molecule has 7 heteroatoms. The molecule has 6 nitrogen and oxygen atoms in total. The van der Waals surface area contributed by atoms with Crippen LogP contribution >= 0.6 is 0 Å². The van der Waals surface area contributed by atoms with Gasteiger partial charge in [0.05, 0.1) is 5.75 Å². The minimum absolute atomic E-state index is 0.0162. The zero-order valence-electron chi connectivity index (χ0n) is 16.1. The standard InChI is InChI=1S/C19H32N4O2S/c1-15(2)23-26(24,25)14-17-10-8-7-9-16(17)13-21-19(20-3)22-18-11-5-4-6-12-18/h7-10,15,18,23H,4-6,11-14H2,1-3H3,(H2,20,21,22). The summed E-state index contributed by atoms with van der Waals surface area (Å²) in [6.45, 7) is 4.19. The summed E-state index contributed by atoms with van der Waals surface area (Å²) in [4.78, 5) is 4.30. The number of hydrogen-bond acceptors (Lipinski definition) is 3. The second-order valence-electron chi connectivity index (χ2n) is 7.21. The van der Waals surface area contributed by atoms with E-state index in [-0.39, 0.29) is 11.8 Å². The lowest BCUT2D eigenvalue weighted by molar-refractivity contribution is 0.410. The lowest BCUT2D eigenvalue weighted by atomic mass is 9.96. The van der Waals surface area contributed by atoms with Crippen molar-refractivity contribution >= 4 is 16.0 Å². The Balaban J connectivity index is 1.98. The van der Waals surface area contributed by atoms with Gasteiger partial charge in [0, 0.05) is 25.7 Å². The highest BCUT2D eigenvalue weighted by molar-refractivity contribution is 7.88. The molecule has 0 spiro atoms. The Kier molecular flexibility index (Phi) is 7.90. The number of benzene rings is 1. The van der Waals surface area contributed by atoms with Crippen LogP contribution in [0.5, 0.6) is 0 Å². The Bertz CT molecular complexity index is 695. The maximum Gasteiger partial charge on any atom is 0.216 e. The van der Waals surface area contributed by atoms with Gasteiger partial charge in [-0.05, 0) is 37.8 Å². The molecule has 0 aliphatic heterocycles. The smallest absolute Gasteiger partial charge is 0.216 e. The van der Waals surface area contributed by atoms with Gasteiger partial charge in [0.15, 0.2) is 5.96 Å². The van der Waals surface area contributed by atoms with E-state index in [0.717, 1.165) is 17.1 Å². The fraction of sp³-hybridized carbons (Fsp3) is 0.632. The highest BCUT2D eigenvalue weighted by Gasteiger charge is 2.17. The molecule has 1 aromatic carbocycles. The molecule has 3 N–H and O–H groups in total. The average molecular weight is 381 g/mol. The first-order chi connectivity index (χ1) is 12.4. The first-order valence-electron chi connectivity index (χ1n) is 9.43. The van der Waals surface area contributed by atoms with E-state index in [2.05, 4.69) is 20.3 Å². The molecule has 0 radical (unpaired) electrons. The van der Waals surface area contributed by atoms with Crippen molar-refractivity contribution < 1.29 is 8.42 Å². The van der Waals surface area contributed by atoms with Gasteiger partial charge in [-0.2, -0.15) is 0 Å². The number of guanidine groups is 1. The molecule has 0 bridgehead atoms. The molecule has 1 fully saturated rings. The quantitative estimate of drug-likeness (QED) is 0.501. The maximum absolute atomic E-state index is 12.3. The van der Waals surface area contributed by atoms with Crippen LogP contribution in [0.3, 0.4) is 0 Å². The third-order valence-electron chi connectivity index (χ3n) is 4.50. The van der Waals surface area contributed by atoms with Crippen molar-refractivity contribution in [1.82, 2.24) is 15.4 Å². The topological polar surface area (TPSA) is 82.6 Å². The van der Waals surface area contributed by atoms with Gasteiger partial charge in [0.25, 0.3) is 0 Å². The van der Waals surface area contributed by atoms with Crippen LogP contribution in [0, 0.1) is 0 Å². The summed E-state index contributed by atoms with van der Waals surface area (Å²) in [5.41, 5.74) is 1.77. The highest BCUT2D eigenvalue weighted by Crippen LogP contribution is 2.17. The van der Waals surface area contributed by atoms with Crippen LogP contribution in [-0.4, -0.2) is 33.5 Å². The van der Waals surface area contributed by atoms with Crippen LogP contribution in [0.2, 0.25) is 0 Å². The lowest BCUT2D eigenvalue weighted by Crippen LogP contribution is -2.44. The van der Waals surface area contributed by atoms with E-state index in [9.17, 15) is 8.42 Å². The highest BCUT2D eigenvalue weighted by atomic mass is 32.2. The number of sulfonamides is 1. The maximum atomic E-state index is 12.3. The molecule has 0 saturated heterocycles. The second-order valence-corrected chi connectivity index (χ2v) is 8.96. The molecular formula is C19H32N4O2S. The third-order valence-corrected chi connectivity index (χ3v) is 6.02. The van der Waals surface area contributed by atoms with Crippen molar-refractivity contribution in [2.24, 2.45) is 4.99 Å². The van der Waals surface area contributed by atoms with Crippen LogP contribution in [0.4, 0.5) is 0 Å². The van der Waals surface area contributed by atoms with Crippen LogP contribution in [0.1, 0.15) is 57.1 Å². The third kappa shape index (κ3) is 6.96. The number of nitrogens with one attached hydrogen (secondary N) is 3. The SMILES string of the molecule is CN=C(NCc1ccccc1CS(=O)(=O)NC(C)C)NC1CCCCC1. The first kappa shape index (κ1) is 20.7. The Morgan fingerprint density at radius 1 is 1.15 bits per heavy atom.